The van der Waals surface area contributed by atoms with Crippen LogP contribution in [0.3, 0.4) is 0 Å². The molecule has 1 aliphatic rings. The van der Waals surface area contributed by atoms with E-state index in [9.17, 15) is 4.79 Å². The van der Waals surface area contributed by atoms with E-state index in [2.05, 4.69) is 21.5 Å². The van der Waals surface area contributed by atoms with E-state index in [1.165, 1.54) is 0 Å². The number of halogens is 2. The summed E-state index contributed by atoms with van der Waals surface area (Å²) in [5.74, 6) is 0.255. The van der Waals surface area contributed by atoms with Gasteiger partial charge in [0.15, 0.2) is 5.82 Å². The lowest BCUT2D eigenvalue weighted by atomic mass is 9.95. The number of hydrogen-bond acceptors (Lipinski definition) is 5. The molecule has 0 saturated carbocycles. The Morgan fingerprint density at radius 3 is 2.59 bits per heavy atom. The Hall–Kier alpha value is -3.34. The number of nitriles is 1. The number of nitrogens with two attached hydrogens (primary N) is 1. The summed E-state index contributed by atoms with van der Waals surface area (Å²) in [6.45, 7) is 1.75. The summed E-state index contributed by atoms with van der Waals surface area (Å²) in [6, 6.07) is 13.4. The van der Waals surface area contributed by atoms with Gasteiger partial charge in [0.1, 0.15) is 6.04 Å². The first kappa shape index (κ1) is 19.0. The first-order valence-electron chi connectivity index (χ1n) is 8.58. The zero-order valence-corrected chi connectivity index (χ0v) is 16.7. The van der Waals surface area contributed by atoms with Crippen molar-refractivity contribution in [2.75, 3.05) is 5.32 Å². The minimum absolute atomic E-state index is 0.362. The number of carbonyl (C=O) groups is 1. The molecule has 0 bridgehead atoms. The lowest BCUT2D eigenvalue weighted by Crippen LogP contribution is -2.31. The van der Waals surface area contributed by atoms with Gasteiger partial charge >= 0.3 is 0 Å². The molecule has 144 valence electrons. The monoisotopic (exact) mass is 424 g/mol. The van der Waals surface area contributed by atoms with E-state index in [0.29, 0.717) is 44.2 Å². The lowest BCUT2D eigenvalue weighted by Gasteiger charge is -2.27. The fourth-order valence-electron chi connectivity index (χ4n) is 3.30. The number of primary amides is 1. The zero-order valence-electron chi connectivity index (χ0n) is 15.1. The highest BCUT2D eigenvalue weighted by Crippen LogP contribution is 2.37. The molecular formula is C20H14Cl2N6O. The smallest absolute Gasteiger partial charge is 0.248 e. The van der Waals surface area contributed by atoms with Crippen LogP contribution in [0.15, 0.2) is 53.7 Å². The highest BCUT2D eigenvalue weighted by Gasteiger charge is 2.33. The molecule has 0 radical (unpaired) electrons. The molecule has 29 heavy (non-hydrogen) atoms. The van der Waals surface area contributed by atoms with Crippen LogP contribution in [0.25, 0.3) is 11.4 Å². The van der Waals surface area contributed by atoms with Crippen LogP contribution in [-0.2, 0) is 4.79 Å². The van der Waals surface area contributed by atoms with E-state index in [4.69, 9.17) is 34.2 Å². The van der Waals surface area contributed by atoms with Crippen molar-refractivity contribution in [1.82, 2.24) is 14.8 Å². The van der Waals surface area contributed by atoms with Gasteiger partial charge in [-0.1, -0.05) is 35.3 Å². The molecule has 0 spiro atoms. The third-order valence-electron chi connectivity index (χ3n) is 4.65. The average Bonchev–Trinajstić information content (AvgIpc) is 3.09. The van der Waals surface area contributed by atoms with Crippen molar-refractivity contribution in [2.24, 2.45) is 5.73 Å². The maximum atomic E-state index is 12.2. The predicted octanol–water partition coefficient (Wildman–Crippen LogP) is 3.90. The molecule has 0 saturated heterocycles. The van der Waals surface area contributed by atoms with E-state index >= 15 is 0 Å². The first-order valence-corrected chi connectivity index (χ1v) is 9.34. The molecule has 2 heterocycles. The number of amides is 1. The van der Waals surface area contributed by atoms with Gasteiger partial charge in [-0.25, -0.2) is 4.68 Å². The Labute approximate surface area is 176 Å². The van der Waals surface area contributed by atoms with Gasteiger partial charge in [0.05, 0.1) is 22.2 Å². The maximum Gasteiger partial charge on any atom is 0.248 e. The molecule has 0 fully saturated rings. The van der Waals surface area contributed by atoms with Crippen LogP contribution in [0, 0.1) is 11.3 Å². The third-order valence-corrected chi connectivity index (χ3v) is 5.19. The van der Waals surface area contributed by atoms with Crippen LogP contribution in [-0.4, -0.2) is 20.7 Å². The van der Waals surface area contributed by atoms with Crippen LogP contribution < -0.4 is 11.1 Å². The second-order valence-corrected chi connectivity index (χ2v) is 7.34. The van der Waals surface area contributed by atoms with Crippen molar-refractivity contribution >= 4 is 35.1 Å². The topological polar surface area (TPSA) is 110 Å². The fraction of sp³-hybridized carbons (Fsp3) is 0.100. The van der Waals surface area contributed by atoms with Crippen molar-refractivity contribution in [2.45, 2.75) is 13.0 Å². The van der Waals surface area contributed by atoms with Gasteiger partial charge in [0, 0.05) is 16.3 Å². The minimum Gasteiger partial charge on any atom is -0.366 e. The average molecular weight is 425 g/mol. The van der Waals surface area contributed by atoms with Gasteiger partial charge in [0.2, 0.25) is 11.9 Å². The van der Waals surface area contributed by atoms with Crippen LogP contribution in [0.2, 0.25) is 10.0 Å². The lowest BCUT2D eigenvalue weighted by molar-refractivity contribution is -0.115. The van der Waals surface area contributed by atoms with Gasteiger partial charge in [-0.05, 0) is 42.8 Å². The number of rotatable bonds is 3. The highest BCUT2D eigenvalue weighted by atomic mass is 35.5. The molecular weight excluding hydrogens is 411 g/mol. The summed E-state index contributed by atoms with van der Waals surface area (Å²) in [5, 5.41) is 17.6. The molecule has 3 N–H and O–H groups in total. The van der Waals surface area contributed by atoms with Crippen molar-refractivity contribution in [3.05, 3.63) is 74.9 Å². The molecule has 0 aliphatic carbocycles. The maximum absolute atomic E-state index is 12.2. The van der Waals surface area contributed by atoms with E-state index in [0.717, 1.165) is 5.56 Å². The van der Waals surface area contributed by atoms with Gasteiger partial charge in [-0.2, -0.15) is 10.2 Å². The van der Waals surface area contributed by atoms with Crippen molar-refractivity contribution in [1.29, 1.82) is 5.26 Å². The van der Waals surface area contributed by atoms with Gasteiger partial charge in [-0.15, -0.1) is 5.10 Å². The van der Waals surface area contributed by atoms with Crippen molar-refractivity contribution < 1.29 is 4.79 Å². The van der Waals surface area contributed by atoms with Crippen molar-refractivity contribution in [3.63, 3.8) is 0 Å². The molecule has 9 heteroatoms. The number of nitrogens with zero attached hydrogens (tertiary/aromatic N) is 4. The summed E-state index contributed by atoms with van der Waals surface area (Å²) in [4.78, 5) is 16.8. The number of benzene rings is 2. The Morgan fingerprint density at radius 2 is 1.97 bits per heavy atom. The van der Waals surface area contributed by atoms with E-state index in [1.807, 2.05) is 0 Å². The first-order chi connectivity index (χ1) is 13.9. The molecule has 4 rings (SSSR count). The summed E-state index contributed by atoms with van der Waals surface area (Å²) < 4.78 is 1.59. The standard InChI is InChI=1S/C20H14Cl2N6O/c1-10-16(18(24)29)17(12-4-2-11(9-23)3-5-12)28-20(25-10)26-19(27-28)14-7-6-13(21)8-15(14)22/h2-8,17H,1H3,(H2,24,29)(H,25,26,27). The number of aromatic nitrogens is 3. The Morgan fingerprint density at radius 1 is 1.24 bits per heavy atom. The van der Waals surface area contributed by atoms with E-state index < -0.39 is 11.9 Å². The number of hydrogen-bond donors (Lipinski definition) is 2. The summed E-state index contributed by atoms with van der Waals surface area (Å²) in [6.07, 6.45) is 0. The SMILES string of the molecule is CC1=C(C(N)=O)C(c2ccc(C#N)cc2)n2nc(-c3ccc(Cl)cc3Cl)nc2N1. The fourth-order valence-corrected chi connectivity index (χ4v) is 3.80. The van der Waals surface area contributed by atoms with Gasteiger partial charge < -0.3 is 11.1 Å². The molecule has 1 aromatic heterocycles. The number of fused-ring (bicyclic) bond motifs is 1. The summed E-state index contributed by atoms with van der Waals surface area (Å²) in [5.41, 5.74) is 8.48. The third kappa shape index (κ3) is 3.33. The number of carbonyl (C=O) groups excluding carboxylic acids is 1. The summed E-state index contributed by atoms with van der Waals surface area (Å²) in [7, 11) is 0. The van der Waals surface area contributed by atoms with E-state index in [-0.39, 0.29) is 0 Å². The quantitative estimate of drug-likeness (QED) is 0.662. The molecule has 1 amide bonds. The largest absolute Gasteiger partial charge is 0.366 e. The van der Waals surface area contributed by atoms with E-state index in [1.54, 1.807) is 54.1 Å². The van der Waals surface area contributed by atoms with Gasteiger partial charge in [0.25, 0.3) is 0 Å². The van der Waals surface area contributed by atoms with Crippen LogP contribution in [0.5, 0.6) is 0 Å². The minimum atomic E-state index is -0.594. The zero-order chi connectivity index (χ0) is 20.7. The predicted molar refractivity (Wildman–Crippen MR) is 110 cm³/mol. The normalized spacial score (nSPS) is 15.4. The van der Waals surface area contributed by atoms with Crippen LogP contribution >= 0.6 is 23.2 Å². The Balaban J connectivity index is 1.88. The second kappa shape index (κ2) is 7.24. The van der Waals surface area contributed by atoms with Gasteiger partial charge in [-0.3, -0.25) is 4.79 Å². The molecule has 1 aliphatic heterocycles. The molecule has 7 nitrogen and oxygen atoms in total. The second-order valence-electron chi connectivity index (χ2n) is 6.49. The van der Waals surface area contributed by atoms with Crippen LogP contribution in [0.4, 0.5) is 5.95 Å². The molecule has 1 unspecified atom stereocenters. The number of anilines is 1. The Bertz CT molecular complexity index is 1210. The molecule has 3 aromatic rings. The Kier molecular flexibility index (Phi) is 4.74. The summed E-state index contributed by atoms with van der Waals surface area (Å²) >= 11 is 12.3. The van der Waals surface area contributed by atoms with Crippen molar-refractivity contribution in [3.8, 4) is 17.5 Å². The number of allylic oxidation sites excluding steroid dienone is 1. The number of nitrogens with one attached hydrogen (secondary N) is 1. The highest BCUT2D eigenvalue weighted by molar-refractivity contribution is 6.36. The molecule has 1 atom stereocenters. The van der Waals surface area contributed by atoms with Crippen LogP contribution in [0.1, 0.15) is 24.1 Å². The molecule has 2 aromatic carbocycles.